The molecule has 3 heterocycles. The second kappa shape index (κ2) is 7.33. The van der Waals surface area contributed by atoms with Crippen LogP contribution in [0.3, 0.4) is 0 Å². The van der Waals surface area contributed by atoms with Crippen molar-refractivity contribution in [1.82, 2.24) is 18.8 Å². The fourth-order valence-corrected chi connectivity index (χ4v) is 6.36. The fourth-order valence-electron chi connectivity index (χ4n) is 3.91. The second-order valence-corrected chi connectivity index (χ2v) is 10.5. The number of nitrogens with zero attached hydrogens (tertiary/aromatic N) is 3. The van der Waals surface area contributed by atoms with Crippen molar-refractivity contribution in [3.8, 4) is 0 Å². The van der Waals surface area contributed by atoms with Crippen molar-refractivity contribution in [2.45, 2.75) is 4.90 Å². The Morgan fingerprint density at radius 1 is 1.03 bits per heavy atom. The first-order chi connectivity index (χ1) is 14.8. The highest BCUT2D eigenvalue weighted by Crippen LogP contribution is 2.25. The number of rotatable bonds is 3. The highest BCUT2D eigenvalue weighted by molar-refractivity contribution is 7.89. The Bertz CT molecular complexity index is 1440. The lowest BCUT2D eigenvalue weighted by Crippen LogP contribution is -2.50. The molecule has 0 radical (unpaired) electrons. The number of nitrogens with one attached hydrogen (secondary N) is 1. The van der Waals surface area contributed by atoms with Gasteiger partial charge in [-0.2, -0.15) is 4.31 Å². The lowest BCUT2D eigenvalue weighted by molar-refractivity contribution is 0.0693. The Kier molecular flexibility index (Phi) is 4.72. The summed E-state index contributed by atoms with van der Waals surface area (Å²) in [6.07, 6.45) is 0. The van der Waals surface area contributed by atoms with Crippen LogP contribution in [0.4, 0.5) is 0 Å². The van der Waals surface area contributed by atoms with Crippen LogP contribution in [0.1, 0.15) is 10.5 Å². The summed E-state index contributed by atoms with van der Waals surface area (Å²) >= 11 is 1.03. The summed E-state index contributed by atoms with van der Waals surface area (Å²) in [5.74, 6) is -0.135. The molecule has 4 aromatic rings. The van der Waals surface area contributed by atoms with E-state index in [1.54, 1.807) is 24.1 Å². The molecule has 1 fully saturated rings. The number of sulfonamides is 1. The molecule has 0 spiro atoms. The summed E-state index contributed by atoms with van der Waals surface area (Å²) in [7, 11) is -2.04. The van der Waals surface area contributed by atoms with Crippen LogP contribution in [0, 0.1) is 0 Å². The Labute approximate surface area is 182 Å². The van der Waals surface area contributed by atoms with Crippen molar-refractivity contribution in [2.75, 3.05) is 26.2 Å². The molecule has 1 aliphatic rings. The number of carbonyl (C=O) groups excluding carboxylic acids is 1. The van der Waals surface area contributed by atoms with Gasteiger partial charge in [0, 0.05) is 44.1 Å². The van der Waals surface area contributed by atoms with E-state index in [1.807, 2.05) is 30.3 Å². The molecule has 2 aromatic carbocycles. The van der Waals surface area contributed by atoms with Gasteiger partial charge in [0.2, 0.25) is 10.0 Å². The standard InChI is InChI=1S/C21H20N4O4S2/c1-23-18-7-6-15(13-19(18)30-21(23)27)31(28,29)25-10-8-24(9-11-25)20(26)17-12-14-4-2-3-5-16(14)22-17/h2-7,12-13,22H,8-11H2,1H3. The number of piperazine rings is 1. The number of benzene rings is 2. The normalized spacial score (nSPS) is 15.7. The molecule has 0 aliphatic carbocycles. The van der Waals surface area contributed by atoms with Gasteiger partial charge in [-0.1, -0.05) is 29.5 Å². The SMILES string of the molecule is Cn1c(=O)sc2cc(S(=O)(=O)N3CCN(C(=O)c4cc5ccccc5[nH]4)CC3)ccc21. The molecule has 5 rings (SSSR count). The number of H-pyrrole nitrogens is 1. The van der Waals surface area contributed by atoms with Crippen LogP contribution in [0.2, 0.25) is 0 Å². The number of thiazole rings is 1. The van der Waals surface area contributed by atoms with E-state index in [1.165, 1.54) is 14.9 Å². The molecule has 31 heavy (non-hydrogen) atoms. The maximum Gasteiger partial charge on any atom is 0.307 e. The number of fused-ring (bicyclic) bond motifs is 2. The highest BCUT2D eigenvalue weighted by Gasteiger charge is 2.31. The van der Waals surface area contributed by atoms with Crippen LogP contribution < -0.4 is 4.87 Å². The minimum absolute atomic E-state index is 0.131. The van der Waals surface area contributed by atoms with E-state index in [9.17, 15) is 18.0 Å². The number of hydrogen-bond acceptors (Lipinski definition) is 5. The molecule has 2 aromatic heterocycles. The first kappa shape index (κ1) is 20.0. The van der Waals surface area contributed by atoms with Gasteiger partial charge < -0.3 is 14.5 Å². The van der Waals surface area contributed by atoms with Gasteiger partial charge in [-0.05, 0) is 30.3 Å². The van der Waals surface area contributed by atoms with Crippen molar-refractivity contribution >= 4 is 48.4 Å². The zero-order valence-electron chi connectivity index (χ0n) is 16.7. The Morgan fingerprint density at radius 3 is 2.52 bits per heavy atom. The van der Waals surface area contributed by atoms with Gasteiger partial charge in [0.25, 0.3) is 5.91 Å². The molecule has 1 aliphatic heterocycles. The van der Waals surface area contributed by atoms with Gasteiger partial charge in [-0.3, -0.25) is 9.59 Å². The monoisotopic (exact) mass is 456 g/mol. The third kappa shape index (κ3) is 3.36. The van der Waals surface area contributed by atoms with Crippen molar-refractivity contribution < 1.29 is 13.2 Å². The third-order valence-electron chi connectivity index (χ3n) is 5.69. The molecule has 10 heteroatoms. The molecule has 0 unspecified atom stereocenters. The third-order valence-corrected chi connectivity index (χ3v) is 8.58. The molecule has 1 N–H and O–H groups in total. The van der Waals surface area contributed by atoms with E-state index in [0.717, 1.165) is 22.2 Å². The summed E-state index contributed by atoms with van der Waals surface area (Å²) in [6.45, 7) is 1.07. The molecule has 1 amide bonds. The average Bonchev–Trinajstić information content (AvgIpc) is 3.34. The maximum atomic E-state index is 13.1. The molecule has 0 saturated carbocycles. The first-order valence-electron chi connectivity index (χ1n) is 9.81. The van der Waals surface area contributed by atoms with Crippen LogP contribution in [-0.4, -0.2) is 59.3 Å². The zero-order valence-corrected chi connectivity index (χ0v) is 18.4. The largest absolute Gasteiger partial charge is 0.351 e. The molecule has 0 bridgehead atoms. The quantitative estimate of drug-likeness (QED) is 0.511. The lowest BCUT2D eigenvalue weighted by Gasteiger charge is -2.33. The first-order valence-corrected chi connectivity index (χ1v) is 12.1. The van der Waals surface area contributed by atoms with Crippen molar-refractivity contribution in [1.29, 1.82) is 0 Å². The summed E-state index contributed by atoms with van der Waals surface area (Å²) in [5, 5.41) is 0.964. The Morgan fingerprint density at radius 2 is 1.77 bits per heavy atom. The molecular weight excluding hydrogens is 436 g/mol. The summed E-state index contributed by atoms with van der Waals surface area (Å²) in [5.41, 5.74) is 2.11. The number of carbonyl (C=O) groups is 1. The van der Waals surface area contributed by atoms with Crippen LogP contribution >= 0.6 is 11.3 Å². The second-order valence-electron chi connectivity index (χ2n) is 7.52. The molecule has 160 valence electrons. The predicted octanol–water partition coefficient (Wildman–Crippen LogP) is 2.23. The lowest BCUT2D eigenvalue weighted by atomic mass is 10.2. The van der Waals surface area contributed by atoms with E-state index in [2.05, 4.69) is 4.98 Å². The van der Waals surface area contributed by atoms with Gasteiger partial charge in [0.15, 0.2) is 0 Å². The van der Waals surface area contributed by atoms with E-state index in [0.29, 0.717) is 29.0 Å². The van der Waals surface area contributed by atoms with E-state index in [4.69, 9.17) is 0 Å². The average molecular weight is 457 g/mol. The zero-order chi connectivity index (χ0) is 21.8. The maximum absolute atomic E-state index is 13.1. The minimum atomic E-state index is -3.71. The van der Waals surface area contributed by atoms with Crippen molar-refractivity contribution in [2.24, 2.45) is 7.05 Å². The molecule has 1 saturated heterocycles. The summed E-state index contributed by atoms with van der Waals surface area (Å²) in [4.78, 5) is 29.6. The van der Waals surface area contributed by atoms with Crippen molar-refractivity contribution in [3.05, 3.63) is 63.9 Å². The summed E-state index contributed by atoms with van der Waals surface area (Å²) in [6, 6.07) is 14.2. The van der Waals surface area contributed by atoms with Gasteiger partial charge in [-0.25, -0.2) is 8.42 Å². The number of para-hydroxylation sites is 1. The summed E-state index contributed by atoms with van der Waals surface area (Å²) < 4.78 is 29.8. The van der Waals surface area contributed by atoms with Crippen molar-refractivity contribution in [3.63, 3.8) is 0 Å². The Balaban J connectivity index is 1.33. The van der Waals surface area contributed by atoms with Crippen LogP contribution in [0.25, 0.3) is 21.1 Å². The van der Waals surface area contributed by atoms with Gasteiger partial charge in [0.05, 0.1) is 15.1 Å². The Hall–Kier alpha value is -2.95. The van der Waals surface area contributed by atoms with Crippen LogP contribution in [0.5, 0.6) is 0 Å². The van der Waals surface area contributed by atoms with E-state index in [-0.39, 0.29) is 28.8 Å². The number of amides is 1. The highest BCUT2D eigenvalue weighted by atomic mass is 32.2. The smallest absolute Gasteiger partial charge is 0.307 e. The van der Waals surface area contributed by atoms with Gasteiger partial charge in [0.1, 0.15) is 5.69 Å². The minimum Gasteiger partial charge on any atom is -0.351 e. The number of aromatic nitrogens is 2. The number of aromatic amines is 1. The molecule has 8 nitrogen and oxygen atoms in total. The van der Waals surface area contributed by atoms with Gasteiger partial charge in [-0.15, -0.1) is 0 Å². The van der Waals surface area contributed by atoms with Gasteiger partial charge >= 0.3 is 4.87 Å². The van der Waals surface area contributed by atoms with Crippen LogP contribution in [0.15, 0.2) is 58.2 Å². The number of hydrogen-bond donors (Lipinski definition) is 1. The van der Waals surface area contributed by atoms with E-state index >= 15 is 0 Å². The molecule has 0 atom stereocenters. The molecular formula is C21H20N4O4S2. The number of aryl methyl sites for hydroxylation is 1. The van der Waals surface area contributed by atoms with E-state index < -0.39 is 10.0 Å². The fraction of sp³-hybridized carbons (Fsp3) is 0.238. The van der Waals surface area contributed by atoms with Crippen LogP contribution in [-0.2, 0) is 17.1 Å². The topological polar surface area (TPSA) is 95.5 Å². The predicted molar refractivity (Wildman–Crippen MR) is 120 cm³/mol.